The molecule has 2 rings (SSSR count). The molecule has 1 aromatic rings. The summed E-state index contributed by atoms with van der Waals surface area (Å²) in [6.07, 6.45) is 2.50. The SMILES string of the molecule is COCC(=O)Nc1ccc(NC(=O)C2CCC(N)C2)cc1. The van der Waals surface area contributed by atoms with Gasteiger partial charge in [-0.3, -0.25) is 9.59 Å². The highest BCUT2D eigenvalue weighted by Gasteiger charge is 2.27. The first-order valence-corrected chi connectivity index (χ1v) is 7.04. The maximum Gasteiger partial charge on any atom is 0.250 e. The lowest BCUT2D eigenvalue weighted by molar-refractivity contribution is -0.120. The quantitative estimate of drug-likeness (QED) is 0.763. The van der Waals surface area contributed by atoms with Crippen molar-refractivity contribution in [3.63, 3.8) is 0 Å². The van der Waals surface area contributed by atoms with Crippen LogP contribution in [0.3, 0.4) is 0 Å². The summed E-state index contributed by atoms with van der Waals surface area (Å²) in [5, 5.41) is 5.57. The fourth-order valence-electron chi connectivity index (χ4n) is 2.46. The predicted octanol–water partition coefficient (Wildman–Crippen LogP) is 1.34. The molecule has 1 aliphatic rings. The molecule has 1 aromatic carbocycles. The van der Waals surface area contributed by atoms with Crippen LogP contribution in [0.5, 0.6) is 0 Å². The Balaban J connectivity index is 1.87. The van der Waals surface area contributed by atoms with Crippen molar-refractivity contribution in [2.45, 2.75) is 25.3 Å². The van der Waals surface area contributed by atoms with E-state index in [2.05, 4.69) is 10.6 Å². The lowest BCUT2D eigenvalue weighted by Gasteiger charge is -2.11. The third kappa shape index (κ3) is 4.54. The number of carbonyl (C=O) groups excluding carboxylic acids is 2. The Morgan fingerprint density at radius 1 is 1.19 bits per heavy atom. The number of amides is 2. The lowest BCUT2D eigenvalue weighted by atomic mass is 10.1. The number of ether oxygens (including phenoxy) is 1. The molecular weight excluding hydrogens is 270 g/mol. The summed E-state index contributed by atoms with van der Waals surface area (Å²) in [5.41, 5.74) is 7.19. The highest BCUT2D eigenvalue weighted by Crippen LogP contribution is 2.25. The van der Waals surface area contributed by atoms with Gasteiger partial charge in [0.2, 0.25) is 11.8 Å². The zero-order valence-electron chi connectivity index (χ0n) is 12.1. The molecule has 2 unspecified atom stereocenters. The van der Waals surface area contributed by atoms with E-state index in [1.165, 1.54) is 7.11 Å². The van der Waals surface area contributed by atoms with Gasteiger partial charge in [-0.05, 0) is 43.5 Å². The predicted molar refractivity (Wildman–Crippen MR) is 80.9 cm³/mol. The molecule has 2 atom stereocenters. The number of nitrogens with two attached hydrogens (primary N) is 1. The molecular formula is C15H21N3O3. The van der Waals surface area contributed by atoms with Crippen LogP contribution in [-0.4, -0.2) is 31.6 Å². The Hall–Kier alpha value is -1.92. The van der Waals surface area contributed by atoms with Crippen molar-refractivity contribution in [2.24, 2.45) is 11.7 Å². The molecule has 0 heterocycles. The van der Waals surface area contributed by atoms with Crippen molar-refractivity contribution in [1.29, 1.82) is 0 Å². The van der Waals surface area contributed by atoms with Crippen LogP contribution in [-0.2, 0) is 14.3 Å². The molecule has 1 saturated carbocycles. The van der Waals surface area contributed by atoms with E-state index < -0.39 is 0 Å². The number of benzene rings is 1. The second-order valence-electron chi connectivity index (χ2n) is 5.32. The topological polar surface area (TPSA) is 93.5 Å². The maximum absolute atomic E-state index is 12.1. The average Bonchev–Trinajstić information content (AvgIpc) is 2.88. The van der Waals surface area contributed by atoms with Crippen LogP contribution < -0.4 is 16.4 Å². The minimum absolute atomic E-state index is 0.00100. The Bertz CT molecular complexity index is 501. The van der Waals surface area contributed by atoms with E-state index in [9.17, 15) is 9.59 Å². The zero-order chi connectivity index (χ0) is 15.2. The second kappa shape index (κ2) is 7.19. The number of nitrogens with one attached hydrogen (secondary N) is 2. The second-order valence-corrected chi connectivity index (χ2v) is 5.32. The number of hydrogen-bond acceptors (Lipinski definition) is 4. The van der Waals surface area contributed by atoms with E-state index in [1.807, 2.05) is 0 Å². The van der Waals surface area contributed by atoms with E-state index in [-0.39, 0.29) is 30.4 Å². The summed E-state index contributed by atoms with van der Waals surface area (Å²) in [6, 6.07) is 7.14. The number of carbonyl (C=O) groups is 2. The largest absolute Gasteiger partial charge is 0.375 e. The third-order valence-electron chi connectivity index (χ3n) is 3.56. The van der Waals surface area contributed by atoms with Crippen LogP contribution in [0.2, 0.25) is 0 Å². The summed E-state index contributed by atoms with van der Waals surface area (Å²) in [4.78, 5) is 23.4. The first-order chi connectivity index (χ1) is 10.1. The molecule has 21 heavy (non-hydrogen) atoms. The van der Waals surface area contributed by atoms with Gasteiger partial charge in [0, 0.05) is 30.4 Å². The normalized spacial score (nSPS) is 21.0. The third-order valence-corrected chi connectivity index (χ3v) is 3.56. The van der Waals surface area contributed by atoms with E-state index in [0.29, 0.717) is 11.4 Å². The maximum atomic E-state index is 12.1. The van der Waals surface area contributed by atoms with Crippen LogP contribution >= 0.6 is 0 Å². The first-order valence-electron chi connectivity index (χ1n) is 7.04. The van der Waals surface area contributed by atoms with E-state index in [1.54, 1.807) is 24.3 Å². The summed E-state index contributed by atoms with van der Waals surface area (Å²) in [5.74, 6) is -0.200. The van der Waals surface area contributed by atoms with Crippen LogP contribution in [0.1, 0.15) is 19.3 Å². The van der Waals surface area contributed by atoms with Crippen molar-refractivity contribution < 1.29 is 14.3 Å². The van der Waals surface area contributed by atoms with E-state index >= 15 is 0 Å². The van der Waals surface area contributed by atoms with Gasteiger partial charge in [0.05, 0.1) is 0 Å². The molecule has 4 N–H and O–H groups in total. The number of methoxy groups -OCH3 is 1. The highest BCUT2D eigenvalue weighted by molar-refractivity contribution is 5.94. The fraction of sp³-hybridized carbons (Fsp3) is 0.467. The smallest absolute Gasteiger partial charge is 0.250 e. The van der Waals surface area contributed by atoms with Gasteiger partial charge >= 0.3 is 0 Å². The average molecular weight is 291 g/mol. The van der Waals surface area contributed by atoms with Gasteiger partial charge < -0.3 is 21.1 Å². The van der Waals surface area contributed by atoms with Gasteiger partial charge in [-0.25, -0.2) is 0 Å². The molecule has 0 saturated heterocycles. The lowest BCUT2D eigenvalue weighted by Crippen LogP contribution is -2.23. The van der Waals surface area contributed by atoms with Crippen molar-refractivity contribution in [1.82, 2.24) is 0 Å². The summed E-state index contributed by atoms with van der Waals surface area (Å²) < 4.78 is 4.74. The summed E-state index contributed by atoms with van der Waals surface area (Å²) in [6.45, 7) is 0.0143. The fourth-order valence-corrected chi connectivity index (χ4v) is 2.46. The monoisotopic (exact) mass is 291 g/mol. The van der Waals surface area contributed by atoms with Crippen LogP contribution in [0, 0.1) is 5.92 Å². The van der Waals surface area contributed by atoms with Gasteiger partial charge in [0.15, 0.2) is 0 Å². The molecule has 2 amide bonds. The first kappa shape index (κ1) is 15.5. The molecule has 114 valence electrons. The van der Waals surface area contributed by atoms with Crippen molar-refractivity contribution >= 4 is 23.2 Å². The molecule has 0 aliphatic heterocycles. The molecule has 0 spiro atoms. The van der Waals surface area contributed by atoms with Crippen LogP contribution in [0.25, 0.3) is 0 Å². The molecule has 6 nitrogen and oxygen atoms in total. The van der Waals surface area contributed by atoms with Crippen LogP contribution in [0.15, 0.2) is 24.3 Å². The van der Waals surface area contributed by atoms with Gasteiger partial charge in [-0.2, -0.15) is 0 Å². The van der Waals surface area contributed by atoms with Crippen molar-refractivity contribution in [3.8, 4) is 0 Å². The minimum atomic E-state index is -0.214. The highest BCUT2D eigenvalue weighted by atomic mass is 16.5. The van der Waals surface area contributed by atoms with Gasteiger partial charge in [0.25, 0.3) is 0 Å². The standard InChI is InChI=1S/C15H21N3O3/c1-21-9-14(19)17-12-4-6-13(7-5-12)18-15(20)10-2-3-11(16)8-10/h4-7,10-11H,2-3,8-9,16H2,1H3,(H,17,19)(H,18,20). The zero-order valence-corrected chi connectivity index (χ0v) is 12.1. The molecule has 6 heteroatoms. The van der Waals surface area contributed by atoms with Gasteiger partial charge in [-0.1, -0.05) is 0 Å². The Morgan fingerprint density at radius 3 is 2.33 bits per heavy atom. The molecule has 0 bridgehead atoms. The van der Waals surface area contributed by atoms with Gasteiger partial charge in [-0.15, -0.1) is 0 Å². The molecule has 0 radical (unpaired) electrons. The number of hydrogen-bond donors (Lipinski definition) is 3. The molecule has 1 aliphatic carbocycles. The van der Waals surface area contributed by atoms with E-state index in [4.69, 9.17) is 10.5 Å². The van der Waals surface area contributed by atoms with E-state index in [0.717, 1.165) is 19.3 Å². The molecule has 1 fully saturated rings. The molecule has 0 aromatic heterocycles. The minimum Gasteiger partial charge on any atom is -0.375 e. The number of rotatable bonds is 5. The van der Waals surface area contributed by atoms with Crippen LogP contribution in [0.4, 0.5) is 11.4 Å². The van der Waals surface area contributed by atoms with Crippen molar-refractivity contribution in [2.75, 3.05) is 24.4 Å². The Morgan fingerprint density at radius 2 is 1.81 bits per heavy atom. The summed E-state index contributed by atoms with van der Waals surface area (Å²) >= 11 is 0. The number of anilines is 2. The Labute approximate surface area is 124 Å². The Kier molecular flexibility index (Phi) is 5.30. The van der Waals surface area contributed by atoms with Gasteiger partial charge in [0.1, 0.15) is 6.61 Å². The summed E-state index contributed by atoms with van der Waals surface area (Å²) in [7, 11) is 1.47. The van der Waals surface area contributed by atoms with Crippen molar-refractivity contribution in [3.05, 3.63) is 24.3 Å².